The molecule has 232 valence electrons. The van der Waals surface area contributed by atoms with Gasteiger partial charge in [0.1, 0.15) is 30.4 Å². The van der Waals surface area contributed by atoms with Crippen LogP contribution in [0.5, 0.6) is 5.75 Å². The number of benzene rings is 2. The first-order chi connectivity index (χ1) is 21.8. The Morgan fingerprint density at radius 3 is 2.69 bits per heavy atom. The van der Waals surface area contributed by atoms with Crippen LogP contribution in [-0.2, 0) is 26.6 Å². The van der Waals surface area contributed by atoms with Crippen LogP contribution < -0.4 is 10.1 Å². The summed E-state index contributed by atoms with van der Waals surface area (Å²) in [6.07, 6.45) is 1.32. The Bertz CT molecular complexity index is 1930. The lowest BCUT2D eigenvalue weighted by Crippen LogP contribution is -2.48. The topological polar surface area (TPSA) is 115 Å². The molecule has 0 unspecified atom stereocenters. The number of carboxylic acid groups (broad SMARTS) is 1. The molecule has 1 saturated carbocycles. The van der Waals surface area contributed by atoms with E-state index in [1.54, 1.807) is 6.07 Å². The molecule has 4 heterocycles. The summed E-state index contributed by atoms with van der Waals surface area (Å²) in [5, 5.41) is 11.8. The van der Waals surface area contributed by atoms with Crippen molar-refractivity contribution in [3.8, 4) is 17.3 Å². The average molecular weight is 615 g/mol. The number of hydrogen-bond donors (Lipinski definition) is 2. The zero-order valence-electron chi connectivity index (χ0n) is 24.7. The van der Waals surface area contributed by atoms with Gasteiger partial charge in [-0.05, 0) is 42.5 Å². The number of halogens is 2. The number of fused-ring (bicyclic) bond motifs is 3. The Morgan fingerprint density at radius 1 is 1.16 bits per heavy atom. The Hall–Kier alpha value is -5.00. The van der Waals surface area contributed by atoms with Crippen molar-refractivity contribution in [1.29, 1.82) is 0 Å². The van der Waals surface area contributed by atoms with E-state index in [1.807, 2.05) is 48.0 Å². The van der Waals surface area contributed by atoms with E-state index in [0.29, 0.717) is 64.9 Å². The molecule has 0 spiro atoms. The number of imidazole rings is 1. The van der Waals surface area contributed by atoms with Gasteiger partial charge in [0.15, 0.2) is 11.5 Å². The molecule has 2 aromatic carbocycles. The normalized spacial score (nSPS) is 15.4. The highest BCUT2D eigenvalue weighted by Crippen LogP contribution is 2.40. The molecule has 10 nitrogen and oxygen atoms in total. The van der Waals surface area contributed by atoms with Gasteiger partial charge in [-0.1, -0.05) is 30.3 Å². The van der Waals surface area contributed by atoms with Gasteiger partial charge >= 0.3 is 6.09 Å². The lowest BCUT2D eigenvalue weighted by Gasteiger charge is -2.30. The number of nitrogens with zero attached hydrogens (tertiary/aromatic N) is 5. The predicted molar refractivity (Wildman–Crippen MR) is 163 cm³/mol. The lowest BCUT2D eigenvalue weighted by atomic mass is 10.0. The molecular weight excluding hydrogens is 582 g/mol. The van der Waals surface area contributed by atoms with Crippen molar-refractivity contribution in [2.75, 3.05) is 19.8 Å². The van der Waals surface area contributed by atoms with Crippen LogP contribution in [0.25, 0.3) is 33.6 Å². The van der Waals surface area contributed by atoms with Crippen molar-refractivity contribution < 1.29 is 28.2 Å². The largest absolute Gasteiger partial charge is 0.487 e. The first-order valence-electron chi connectivity index (χ1n) is 15.0. The molecule has 0 bridgehead atoms. The van der Waals surface area contributed by atoms with Crippen LogP contribution in [0.4, 0.5) is 13.6 Å². The van der Waals surface area contributed by atoms with E-state index >= 15 is 0 Å². The Labute approximate surface area is 257 Å². The van der Waals surface area contributed by atoms with Crippen LogP contribution in [-0.4, -0.2) is 66.9 Å². The maximum absolute atomic E-state index is 14.9. The quantitative estimate of drug-likeness (QED) is 0.220. The number of carbonyl (C=O) groups excluding carboxylic acids is 1. The minimum atomic E-state index is -1.34. The maximum atomic E-state index is 14.9. The summed E-state index contributed by atoms with van der Waals surface area (Å²) in [5.41, 5.74) is 4.67. The Kier molecular flexibility index (Phi) is 7.34. The molecule has 2 N–H and O–H groups in total. The fourth-order valence-corrected chi connectivity index (χ4v) is 6.13. The van der Waals surface area contributed by atoms with E-state index in [0.717, 1.165) is 36.2 Å². The second kappa shape index (κ2) is 11.5. The fraction of sp³-hybridized carbons (Fsp3) is 0.333. The van der Waals surface area contributed by atoms with Gasteiger partial charge in [-0.2, -0.15) is 0 Å². The number of alkyl halides is 1. The standard InChI is InChI=1S/C33H32F2N6O4/c1-39-30-26(14-24-25(37-30)9-10-40(32(24)42)17-23(15-34)36-33(43)44)38-31(39)27-12-21-11-22(35)13-28(29(21)41(27)16-19-7-8-19)45-18-20-5-3-2-4-6-20/h2-6,11-14,19,23,36H,7-10,15-18H2,1H3,(H,43,44)/t23-/m1/s1. The first-order valence-corrected chi connectivity index (χ1v) is 15.0. The van der Waals surface area contributed by atoms with Crippen LogP contribution in [0.2, 0.25) is 0 Å². The molecule has 3 aromatic heterocycles. The zero-order chi connectivity index (χ0) is 31.2. The van der Waals surface area contributed by atoms with E-state index in [4.69, 9.17) is 19.8 Å². The highest BCUT2D eigenvalue weighted by atomic mass is 19.1. The number of rotatable bonds is 10. The monoisotopic (exact) mass is 614 g/mol. The van der Waals surface area contributed by atoms with E-state index in [1.165, 1.54) is 17.0 Å². The number of hydrogen-bond acceptors (Lipinski definition) is 5. The number of ether oxygens (including phenoxy) is 1. The number of aryl methyl sites for hydroxylation is 1. The van der Waals surface area contributed by atoms with Crippen LogP contribution >= 0.6 is 0 Å². The van der Waals surface area contributed by atoms with Gasteiger partial charge in [0.25, 0.3) is 5.91 Å². The van der Waals surface area contributed by atoms with Crippen LogP contribution in [0.1, 0.15) is 34.5 Å². The predicted octanol–water partition coefficient (Wildman–Crippen LogP) is 5.32. The zero-order valence-corrected chi connectivity index (χ0v) is 24.7. The van der Waals surface area contributed by atoms with Crippen LogP contribution in [0, 0.1) is 11.7 Å². The van der Waals surface area contributed by atoms with Crippen LogP contribution in [0.15, 0.2) is 54.6 Å². The SMILES string of the molecule is Cn1c(-c2cc3cc(F)cc(OCc4ccccc4)c3n2CC2CC2)nc2cc3c(nc21)CCN(C[C@@H](CF)NC(=O)O)C3=O. The van der Waals surface area contributed by atoms with Crippen LogP contribution in [0.3, 0.4) is 0 Å². The Morgan fingerprint density at radius 2 is 1.96 bits per heavy atom. The summed E-state index contributed by atoms with van der Waals surface area (Å²) in [5.74, 6) is 0.846. The van der Waals surface area contributed by atoms with Gasteiger partial charge in [-0.3, -0.25) is 4.79 Å². The van der Waals surface area contributed by atoms with Crippen molar-refractivity contribution in [2.45, 2.75) is 38.5 Å². The lowest BCUT2D eigenvalue weighted by molar-refractivity contribution is 0.0712. The van der Waals surface area contributed by atoms with E-state index in [9.17, 15) is 18.4 Å². The molecule has 1 aliphatic heterocycles. The minimum absolute atomic E-state index is 0.0842. The second-order valence-electron chi connectivity index (χ2n) is 11.8. The number of nitrogens with one attached hydrogen (secondary N) is 1. The number of aromatic nitrogens is 4. The van der Waals surface area contributed by atoms with Gasteiger partial charge in [0.2, 0.25) is 0 Å². The molecule has 12 heteroatoms. The van der Waals surface area contributed by atoms with Gasteiger partial charge in [0.05, 0.1) is 28.5 Å². The summed E-state index contributed by atoms with van der Waals surface area (Å²) in [6.45, 7) is 0.307. The van der Waals surface area contributed by atoms with Crippen molar-refractivity contribution in [2.24, 2.45) is 13.0 Å². The van der Waals surface area contributed by atoms with Gasteiger partial charge < -0.3 is 29.2 Å². The molecule has 0 saturated heterocycles. The molecule has 2 amide bonds. The van der Waals surface area contributed by atoms with Gasteiger partial charge in [-0.15, -0.1) is 0 Å². The van der Waals surface area contributed by atoms with Gasteiger partial charge in [-0.25, -0.2) is 23.5 Å². The summed E-state index contributed by atoms with van der Waals surface area (Å²) in [4.78, 5) is 35.6. The summed E-state index contributed by atoms with van der Waals surface area (Å²) in [6, 6.07) is 15.3. The third-order valence-corrected chi connectivity index (χ3v) is 8.54. The van der Waals surface area contributed by atoms with E-state index < -0.39 is 24.6 Å². The van der Waals surface area contributed by atoms with Crippen molar-refractivity contribution in [1.82, 2.24) is 29.3 Å². The number of amides is 2. The molecule has 1 aliphatic carbocycles. The molecule has 45 heavy (non-hydrogen) atoms. The molecule has 2 aliphatic rings. The van der Waals surface area contributed by atoms with E-state index in [-0.39, 0.29) is 12.5 Å². The van der Waals surface area contributed by atoms with Gasteiger partial charge in [0, 0.05) is 44.6 Å². The fourth-order valence-electron chi connectivity index (χ4n) is 6.13. The second-order valence-corrected chi connectivity index (χ2v) is 11.8. The number of pyridine rings is 1. The van der Waals surface area contributed by atoms with Crippen molar-refractivity contribution >= 4 is 34.1 Å². The third-order valence-electron chi connectivity index (χ3n) is 8.54. The minimum Gasteiger partial charge on any atom is -0.487 e. The molecular formula is C33H32F2N6O4. The van der Waals surface area contributed by atoms with Crippen molar-refractivity contribution in [3.05, 3.63) is 77.2 Å². The smallest absolute Gasteiger partial charge is 0.405 e. The number of carbonyl (C=O) groups is 2. The summed E-state index contributed by atoms with van der Waals surface area (Å²) in [7, 11) is 1.87. The molecule has 1 atom stereocenters. The maximum Gasteiger partial charge on any atom is 0.405 e. The highest BCUT2D eigenvalue weighted by Gasteiger charge is 2.31. The summed E-state index contributed by atoms with van der Waals surface area (Å²) >= 11 is 0. The molecule has 1 fully saturated rings. The Balaban J connectivity index is 1.27. The van der Waals surface area contributed by atoms with E-state index in [2.05, 4.69) is 9.88 Å². The average Bonchev–Trinajstić information content (AvgIpc) is 3.70. The summed E-state index contributed by atoms with van der Waals surface area (Å²) < 4.78 is 38.6. The first kappa shape index (κ1) is 28.8. The third kappa shape index (κ3) is 5.56. The van der Waals surface area contributed by atoms with Crippen molar-refractivity contribution in [3.63, 3.8) is 0 Å². The molecule has 5 aromatic rings. The highest BCUT2D eigenvalue weighted by molar-refractivity contribution is 5.99. The molecule has 7 rings (SSSR count). The molecule has 0 radical (unpaired) electrons.